The zero-order valence-corrected chi connectivity index (χ0v) is 9.26. The smallest absolute Gasteiger partial charge is 0.0599 e. The molecule has 1 aliphatic heterocycles. The lowest BCUT2D eigenvalue weighted by molar-refractivity contribution is 0.191. The van der Waals surface area contributed by atoms with Gasteiger partial charge >= 0.3 is 0 Å². The molecule has 1 heterocycles. The Labute approximate surface area is 88.1 Å². The Morgan fingerprint density at radius 1 is 1.57 bits per heavy atom. The second-order valence-electron chi connectivity index (χ2n) is 4.15. The summed E-state index contributed by atoms with van der Waals surface area (Å²) >= 11 is 0. The Morgan fingerprint density at radius 3 is 3.14 bits per heavy atom. The maximum atomic E-state index is 5.32. The van der Waals surface area contributed by atoms with E-state index in [1.807, 2.05) is 0 Å². The number of rotatable bonds is 5. The molecule has 0 amide bonds. The number of hydrogen-bond donors (Lipinski definition) is 1. The van der Waals surface area contributed by atoms with Crippen LogP contribution in [0.25, 0.3) is 0 Å². The Hall–Kier alpha value is -0.520. The van der Waals surface area contributed by atoms with Gasteiger partial charge in [0, 0.05) is 6.54 Å². The number of terminal acetylenes is 1. The molecule has 1 saturated heterocycles. The quantitative estimate of drug-likeness (QED) is 0.525. The minimum absolute atomic E-state index is 0.809. The van der Waals surface area contributed by atoms with Gasteiger partial charge in [0.1, 0.15) is 0 Å². The Kier molecular flexibility index (Phi) is 5.66. The number of nitrogens with zero attached hydrogens (tertiary/aromatic N) is 1. The fourth-order valence-corrected chi connectivity index (χ4v) is 2.07. The van der Waals surface area contributed by atoms with Gasteiger partial charge in [-0.15, -0.1) is 6.42 Å². The van der Waals surface area contributed by atoms with Gasteiger partial charge in [-0.1, -0.05) is 12.8 Å². The second kappa shape index (κ2) is 6.86. The molecule has 0 saturated carbocycles. The fourth-order valence-electron chi connectivity index (χ4n) is 2.07. The summed E-state index contributed by atoms with van der Waals surface area (Å²) in [5, 5.41) is 3.49. The van der Waals surface area contributed by atoms with E-state index >= 15 is 0 Å². The molecule has 14 heavy (non-hydrogen) atoms. The topological polar surface area (TPSA) is 15.3 Å². The summed E-state index contributed by atoms with van der Waals surface area (Å²) in [6.07, 6.45) is 9.21. The largest absolute Gasteiger partial charge is 0.316 e. The van der Waals surface area contributed by atoms with Crippen LogP contribution in [0.1, 0.15) is 26.2 Å². The molecule has 0 aromatic carbocycles. The van der Waals surface area contributed by atoms with Gasteiger partial charge in [-0.05, 0) is 44.8 Å². The SMILES string of the molecule is C#CCN1CCCC(CNCCC)C1. The molecule has 2 nitrogen and oxygen atoms in total. The third-order valence-electron chi connectivity index (χ3n) is 2.78. The number of hydrogen-bond acceptors (Lipinski definition) is 2. The van der Waals surface area contributed by atoms with E-state index in [2.05, 4.69) is 23.1 Å². The van der Waals surface area contributed by atoms with Crippen LogP contribution < -0.4 is 5.32 Å². The molecule has 0 bridgehead atoms. The first-order valence-corrected chi connectivity index (χ1v) is 5.73. The minimum atomic E-state index is 0.809. The highest BCUT2D eigenvalue weighted by Gasteiger charge is 2.18. The number of piperidine rings is 1. The van der Waals surface area contributed by atoms with E-state index in [0.29, 0.717) is 0 Å². The highest BCUT2D eigenvalue weighted by atomic mass is 15.1. The molecule has 1 atom stereocenters. The van der Waals surface area contributed by atoms with Crippen molar-refractivity contribution < 1.29 is 0 Å². The van der Waals surface area contributed by atoms with E-state index in [-0.39, 0.29) is 0 Å². The van der Waals surface area contributed by atoms with E-state index < -0.39 is 0 Å². The van der Waals surface area contributed by atoms with Gasteiger partial charge < -0.3 is 5.32 Å². The predicted octanol–water partition coefficient (Wildman–Crippen LogP) is 1.33. The fraction of sp³-hybridized carbons (Fsp3) is 0.833. The van der Waals surface area contributed by atoms with E-state index in [9.17, 15) is 0 Å². The molecule has 80 valence electrons. The molecular weight excluding hydrogens is 172 g/mol. The third-order valence-corrected chi connectivity index (χ3v) is 2.78. The first kappa shape index (κ1) is 11.6. The van der Waals surface area contributed by atoms with E-state index in [4.69, 9.17) is 6.42 Å². The summed E-state index contributed by atoms with van der Waals surface area (Å²) in [5.74, 6) is 3.54. The first-order chi connectivity index (χ1) is 6.86. The van der Waals surface area contributed by atoms with Gasteiger partial charge in [0.2, 0.25) is 0 Å². The maximum Gasteiger partial charge on any atom is 0.0599 e. The van der Waals surface area contributed by atoms with E-state index in [1.165, 1.54) is 32.4 Å². The van der Waals surface area contributed by atoms with Crippen LogP contribution >= 0.6 is 0 Å². The van der Waals surface area contributed by atoms with Crippen molar-refractivity contribution in [2.45, 2.75) is 26.2 Å². The average Bonchev–Trinajstić information content (AvgIpc) is 2.19. The van der Waals surface area contributed by atoms with Crippen LogP contribution in [-0.4, -0.2) is 37.6 Å². The van der Waals surface area contributed by atoms with Crippen molar-refractivity contribution in [3.63, 3.8) is 0 Å². The molecule has 1 aliphatic rings. The summed E-state index contributed by atoms with van der Waals surface area (Å²) in [4.78, 5) is 2.39. The second-order valence-corrected chi connectivity index (χ2v) is 4.15. The highest BCUT2D eigenvalue weighted by Crippen LogP contribution is 2.14. The minimum Gasteiger partial charge on any atom is -0.316 e. The average molecular weight is 194 g/mol. The van der Waals surface area contributed by atoms with Crippen molar-refractivity contribution in [3.05, 3.63) is 0 Å². The number of nitrogens with one attached hydrogen (secondary N) is 1. The van der Waals surface area contributed by atoms with Gasteiger partial charge in [0.25, 0.3) is 0 Å². The molecule has 0 spiro atoms. The van der Waals surface area contributed by atoms with E-state index in [0.717, 1.165) is 25.6 Å². The maximum absolute atomic E-state index is 5.32. The van der Waals surface area contributed by atoms with Crippen LogP contribution in [0.2, 0.25) is 0 Å². The van der Waals surface area contributed by atoms with Crippen molar-refractivity contribution in [2.75, 3.05) is 32.7 Å². The Morgan fingerprint density at radius 2 is 2.43 bits per heavy atom. The normalized spacial score (nSPS) is 23.3. The van der Waals surface area contributed by atoms with Gasteiger partial charge in [-0.3, -0.25) is 4.90 Å². The molecular formula is C12H22N2. The van der Waals surface area contributed by atoms with Crippen molar-refractivity contribution in [1.82, 2.24) is 10.2 Å². The predicted molar refractivity (Wildman–Crippen MR) is 61.2 cm³/mol. The molecule has 0 aliphatic carbocycles. The van der Waals surface area contributed by atoms with Gasteiger partial charge in [-0.25, -0.2) is 0 Å². The molecule has 0 aromatic rings. The van der Waals surface area contributed by atoms with Crippen molar-refractivity contribution in [2.24, 2.45) is 5.92 Å². The molecule has 1 fully saturated rings. The standard InChI is InChI=1S/C12H22N2/c1-3-7-13-10-12-6-5-9-14(11-12)8-4-2/h2,12-13H,3,5-11H2,1H3. The third kappa shape index (κ3) is 4.13. The van der Waals surface area contributed by atoms with Crippen LogP contribution in [-0.2, 0) is 0 Å². The Balaban J connectivity index is 2.16. The van der Waals surface area contributed by atoms with Gasteiger partial charge in [0.05, 0.1) is 6.54 Å². The first-order valence-electron chi connectivity index (χ1n) is 5.73. The van der Waals surface area contributed by atoms with Crippen molar-refractivity contribution >= 4 is 0 Å². The molecule has 1 unspecified atom stereocenters. The summed E-state index contributed by atoms with van der Waals surface area (Å²) in [6.45, 7) is 7.71. The highest BCUT2D eigenvalue weighted by molar-refractivity contribution is 4.90. The molecule has 1 N–H and O–H groups in total. The zero-order chi connectivity index (χ0) is 10.2. The zero-order valence-electron chi connectivity index (χ0n) is 9.26. The van der Waals surface area contributed by atoms with Crippen molar-refractivity contribution in [1.29, 1.82) is 0 Å². The summed E-state index contributed by atoms with van der Waals surface area (Å²) in [7, 11) is 0. The van der Waals surface area contributed by atoms with Gasteiger partial charge in [-0.2, -0.15) is 0 Å². The van der Waals surface area contributed by atoms with Crippen molar-refractivity contribution in [3.8, 4) is 12.3 Å². The van der Waals surface area contributed by atoms with Crippen LogP contribution in [0.15, 0.2) is 0 Å². The summed E-state index contributed by atoms with van der Waals surface area (Å²) in [5.41, 5.74) is 0. The van der Waals surface area contributed by atoms with Crippen LogP contribution in [0.3, 0.4) is 0 Å². The lowest BCUT2D eigenvalue weighted by Crippen LogP contribution is -2.39. The molecule has 2 heteroatoms. The summed E-state index contributed by atoms with van der Waals surface area (Å²) in [6, 6.07) is 0. The summed E-state index contributed by atoms with van der Waals surface area (Å²) < 4.78 is 0. The number of likely N-dealkylation sites (tertiary alicyclic amines) is 1. The van der Waals surface area contributed by atoms with Crippen LogP contribution in [0.5, 0.6) is 0 Å². The molecule has 0 aromatic heterocycles. The lowest BCUT2D eigenvalue weighted by atomic mass is 9.98. The van der Waals surface area contributed by atoms with E-state index in [1.54, 1.807) is 0 Å². The van der Waals surface area contributed by atoms with Gasteiger partial charge in [0.15, 0.2) is 0 Å². The molecule has 1 rings (SSSR count). The van der Waals surface area contributed by atoms with Crippen LogP contribution in [0.4, 0.5) is 0 Å². The lowest BCUT2D eigenvalue weighted by Gasteiger charge is -2.31. The molecule has 0 radical (unpaired) electrons. The Bertz CT molecular complexity index is 183. The van der Waals surface area contributed by atoms with Crippen LogP contribution in [0, 0.1) is 18.3 Å². The monoisotopic (exact) mass is 194 g/mol.